The van der Waals surface area contributed by atoms with Crippen LogP contribution in [-0.4, -0.2) is 199 Å². The van der Waals surface area contributed by atoms with Crippen LogP contribution in [0.4, 0.5) is 0 Å². The number of phenolic OH excluding ortho intramolecular Hbond substituents is 1. The minimum absolute atomic E-state index is 0.0000837. The van der Waals surface area contributed by atoms with Crippen molar-refractivity contribution < 1.29 is 82.8 Å². The summed E-state index contributed by atoms with van der Waals surface area (Å²) in [5.41, 5.74) is 17.3. The number of amides is 11. The summed E-state index contributed by atoms with van der Waals surface area (Å²) in [7, 11) is 0. The van der Waals surface area contributed by atoms with Crippen molar-refractivity contribution in [2.45, 2.75) is 158 Å². The van der Waals surface area contributed by atoms with Gasteiger partial charge in [-0.05, 0) is 75.5 Å². The Morgan fingerprint density at radius 3 is 1.65 bits per heavy atom. The number of carbonyl (C=O) groups is 13. The third kappa shape index (κ3) is 17.5. The number of aliphatic hydroxyl groups is 1. The molecule has 3 saturated heterocycles. The fourth-order valence-corrected chi connectivity index (χ4v) is 9.35. The van der Waals surface area contributed by atoms with Crippen molar-refractivity contribution in [3.8, 4) is 5.75 Å². The molecule has 0 aliphatic carbocycles. The highest BCUT2D eigenvalue weighted by molar-refractivity contribution is 6.00. The first-order valence-electron chi connectivity index (χ1n) is 25.7. The molecule has 0 unspecified atom stereocenters. The molecule has 11 amide bonds. The average Bonchev–Trinajstić information content (AvgIpc) is 4.23. The van der Waals surface area contributed by atoms with Gasteiger partial charge in [-0.1, -0.05) is 32.4 Å². The Balaban J connectivity index is 1.54. The number of hydrogen-bond donors (Lipinski definition) is 13. The molecule has 16 N–H and O–H groups in total. The Labute approximate surface area is 448 Å². The van der Waals surface area contributed by atoms with E-state index in [-0.39, 0.29) is 63.4 Å². The van der Waals surface area contributed by atoms with Crippen molar-refractivity contribution in [2.75, 3.05) is 26.2 Å². The van der Waals surface area contributed by atoms with E-state index in [1.807, 2.05) is 6.92 Å². The van der Waals surface area contributed by atoms with Crippen LogP contribution in [0.15, 0.2) is 24.3 Å². The average molecular weight is 1100 g/mol. The molecule has 0 spiro atoms. The highest BCUT2D eigenvalue weighted by Gasteiger charge is 2.43. The van der Waals surface area contributed by atoms with Gasteiger partial charge in [0.1, 0.15) is 54.1 Å². The molecule has 29 heteroatoms. The number of nitrogens with zero attached hydrogens (tertiary/aromatic N) is 3. The van der Waals surface area contributed by atoms with Gasteiger partial charge in [-0.3, -0.25) is 57.5 Å². The van der Waals surface area contributed by atoms with Crippen LogP contribution in [0, 0.1) is 5.92 Å². The van der Waals surface area contributed by atoms with Gasteiger partial charge < -0.3 is 84.2 Å². The molecule has 1 aromatic carbocycles. The maximum absolute atomic E-state index is 14.4. The Bertz CT molecular complexity index is 2420. The third-order valence-corrected chi connectivity index (χ3v) is 13.9. The molecule has 78 heavy (non-hydrogen) atoms. The number of benzene rings is 1. The predicted molar refractivity (Wildman–Crippen MR) is 270 cm³/mol. The van der Waals surface area contributed by atoms with E-state index in [1.165, 1.54) is 29.2 Å². The zero-order chi connectivity index (χ0) is 58.1. The SMILES string of the molecule is CC[C@H](C)[C@H](N)C(=O)NCC(=O)N1CCC[C@H]1C(=O)N[C@@H](CCC(=O)O)C(=O)N[C@@H](CC(N)=O)C(=O)N1CCC[C@H]1C(=O)N[C@@H](Cc1ccc(O)cc1)C(=O)N[C@@H](CC(N)=O)C(=O)N[C@H](C(=O)N1CCC[C@H]1C(=O)O)[C@@H](C)O. The topological polar surface area (TPSA) is 463 Å². The monoisotopic (exact) mass is 1100 g/mol. The number of nitrogens with one attached hydrogen (secondary N) is 6. The van der Waals surface area contributed by atoms with Crippen LogP contribution in [0.3, 0.4) is 0 Å². The molecule has 3 fully saturated rings. The smallest absolute Gasteiger partial charge is 0.326 e. The van der Waals surface area contributed by atoms with Crippen LogP contribution in [-0.2, 0) is 68.7 Å². The largest absolute Gasteiger partial charge is 0.508 e. The van der Waals surface area contributed by atoms with Crippen LogP contribution >= 0.6 is 0 Å². The van der Waals surface area contributed by atoms with Crippen LogP contribution < -0.4 is 49.1 Å². The number of primary amides is 2. The van der Waals surface area contributed by atoms with Crippen molar-refractivity contribution in [2.24, 2.45) is 23.1 Å². The first kappa shape index (κ1) is 62.6. The first-order chi connectivity index (χ1) is 36.7. The maximum Gasteiger partial charge on any atom is 0.326 e. The van der Waals surface area contributed by atoms with Gasteiger partial charge in [0.15, 0.2) is 0 Å². The van der Waals surface area contributed by atoms with Crippen LogP contribution in [0.25, 0.3) is 0 Å². The molecule has 3 heterocycles. The van der Waals surface area contributed by atoms with E-state index in [0.29, 0.717) is 24.8 Å². The van der Waals surface area contributed by atoms with Gasteiger partial charge in [0.25, 0.3) is 0 Å². The van der Waals surface area contributed by atoms with E-state index in [0.717, 1.165) is 16.7 Å². The van der Waals surface area contributed by atoms with Crippen molar-refractivity contribution in [3.63, 3.8) is 0 Å². The molecule has 1 aromatic rings. The number of rotatable bonds is 28. The summed E-state index contributed by atoms with van der Waals surface area (Å²) in [5, 5.41) is 54.0. The fraction of sp³-hybridized carbons (Fsp3) is 0.612. The molecule has 0 bridgehead atoms. The standard InChI is InChI=1S/C49H72N12O17/c1-4-24(2)39(52)46(74)53-23-37(66)59-17-5-8-32(59)44(72)54-28(15-16-38(67)68)41(69)57-31(22-36(51)65)47(75)60-18-6-9-33(60)45(73)56-29(20-26-11-13-27(63)14-12-26)42(70)55-30(21-35(50)64)43(71)58-40(25(3)62)48(76)61-19-7-10-34(61)49(77)78/h11-14,24-25,28-34,39-40,62-63H,4-10,15-23,52H2,1-3H3,(H2,50,64)(H2,51,65)(H,53,74)(H,54,72)(H,55,70)(H,56,73)(H,57,69)(H,58,71)(H,67,68)(H,77,78)/t24-,25+,28-,29-,30-,31-,32-,33-,34-,39-,40-/m0/s1. The Hall–Kier alpha value is -7.95. The first-order valence-corrected chi connectivity index (χ1v) is 25.7. The van der Waals surface area contributed by atoms with Crippen LogP contribution in [0.1, 0.15) is 97.0 Å². The Kier molecular flexibility index (Phi) is 23.3. The van der Waals surface area contributed by atoms with Crippen molar-refractivity contribution in [3.05, 3.63) is 29.8 Å². The molecule has 0 aromatic heterocycles. The van der Waals surface area contributed by atoms with Gasteiger partial charge in [0.05, 0.1) is 31.5 Å². The van der Waals surface area contributed by atoms with Gasteiger partial charge in [0, 0.05) is 32.5 Å². The van der Waals surface area contributed by atoms with E-state index in [9.17, 15) is 82.8 Å². The molecule has 0 radical (unpaired) electrons. The van der Waals surface area contributed by atoms with E-state index in [4.69, 9.17) is 17.2 Å². The quantitative estimate of drug-likeness (QED) is 0.0373. The van der Waals surface area contributed by atoms with Crippen LogP contribution in [0.5, 0.6) is 5.75 Å². The number of nitrogens with two attached hydrogens (primary N) is 3. The third-order valence-electron chi connectivity index (χ3n) is 13.9. The second-order valence-electron chi connectivity index (χ2n) is 19.7. The second kappa shape index (κ2) is 29.0. The number of aliphatic hydroxyl groups excluding tert-OH is 1. The molecule has 0 saturated carbocycles. The fourth-order valence-electron chi connectivity index (χ4n) is 9.35. The summed E-state index contributed by atoms with van der Waals surface area (Å²) in [5.74, 6) is -13.6. The molecule has 3 aliphatic heterocycles. The predicted octanol–water partition coefficient (Wildman–Crippen LogP) is -5.10. The maximum atomic E-state index is 14.4. The van der Waals surface area contributed by atoms with Gasteiger partial charge >= 0.3 is 11.9 Å². The van der Waals surface area contributed by atoms with E-state index >= 15 is 0 Å². The number of aromatic hydroxyl groups is 1. The summed E-state index contributed by atoms with van der Waals surface area (Å²) in [6, 6.07) is -7.99. The van der Waals surface area contributed by atoms with Crippen molar-refractivity contribution in [1.29, 1.82) is 0 Å². The van der Waals surface area contributed by atoms with Gasteiger partial charge in [-0.25, -0.2) is 4.79 Å². The molecular weight excluding hydrogens is 1030 g/mol. The highest BCUT2D eigenvalue weighted by atomic mass is 16.4. The van der Waals surface area contributed by atoms with Gasteiger partial charge in [-0.15, -0.1) is 0 Å². The van der Waals surface area contributed by atoms with E-state index < -0.39 is 170 Å². The molecule has 430 valence electrons. The van der Waals surface area contributed by atoms with Crippen molar-refractivity contribution in [1.82, 2.24) is 46.6 Å². The highest BCUT2D eigenvalue weighted by Crippen LogP contribution is 2.23. The summed E-state index contributed by atoms with van der Waals surface area (Å²) >= 11 is 0. The van der Waals surface area contributed by atoms with Crippen molar-refractivity contribution >= 4 is 76.9 Å². The van der Waals surface area contributed by atoms with Gasteiger partial charge in [-0.2, -0.15) is 0 Å². The number of carboxylic acid groups (broad SMARTS) is 2. The molecule has 4 rings (SSSR count). The van der Waals surface area contributed by atoms with Gasteiger partial charge in [0.2, 0.25) is 65.0 Å². The van der Waals surface area contributed by atoms with E-state index in [2.05, 4.69) is 31.9 Å². The number of phenols is 1. The minimum Gasteiger partial charge on any atom is -0.508 e. The zero-order valence-electron chi connectivity index (χ0n) is 43.6. The van der Waals surface area contributed by atoms with Crippen LogP contribution in [0.2, 0.25) is 0 Å². The lowest BCUT2D eigenvalue weighted by atomic mass is 9.99. The lowest BCUT2D eigenvalue weighted by Crippen LogP contribution is -2.61. The zero-order valence-corrected chi connectivity index (χ0v) is 43.6. The van der Waals surface area contributed by atoms with E-state index in [1.54, 1.807) is 6.92 Å². The summed E-state index contributed by atoms with van der Waals surface area (Å²) in [6.45, 7) is 4.24. The number of carboxylic acids is 2. The summed E-state index contributed by atoms with van der Waals surface area (Å²) in [6.07, 6.45) is -3.19. The molecule has 29 nitrogen and oxygen atoms in total. The number of likely N-dealkylation sites (tertiary alicyclic amines) is 3. The summed E-state index contributed by atoms with van der Waals surface area (Å²) in [4.78, 5) is 175. The Morgan fingerprint density at radius 1 is 0.628 bits per heavy atom. The number of hydrogen-bond acceptors (Lipinski definition) is 16. The lowest BCUT2D eigenvalue weighted by molar-refractivity contribution is -0.151. The molecule has 3 aliphatic rings. The Morgan fingerprint density at radius 2 is 1.12 bits per heavy atom. The summed E-state index contributed by atoms with van der Waals surface area (Å²) < 4.78 is 0. The second-order valence-corrected chi connectivity index (χ2v) is 19.7. The molecular formula is C49H72N12O17. The minimum atomic E-state index is -1.85. The normalized spacial score (nSPS) is 20.1. The lowest BCUT2D eigenvalue weighted by Gasteiger charge is -2.31. The number of aliphatic carboxylic acids is 2. The molecule has 11 atom stereocenters. The number of carbonyl (C=O) groups excluding carboxylic acids is 11.